The van der Waals surface area contributed by atoms with Crippen molar-refractivity contribution in [3.05, 3.63) is 59.7 Å². The Morgan fingerprint density at radius 3 is 2.62 bits per heavy atom. The Balaban J connectivity index is 1.69. The van der Waals surface area contributed by atoms with Crippen molar-refractivity contribution >= 4 is 17.5 Å². The van der Waals surface area contributed by atoms with E-state index in [0.717, 1.165) is 6.42 Å². The van der Waals surface area contributed by atoms with Crippen LogP contribution in [-0.4, -0.2) is 49.6 Å². The Labute approximate surface area is 171 Å². The minimum absolute atomic E-state index is 0.0539. The summed E-state index contributed by atoms with van der Waals surface area (Å²) in [5, 5.41) is 2.88. The summed E-state index contributed by atoms with van der Waals surface area (Å²) in [4.78, 5) is 27.3. The van der Waals surface area contributed by atoms with Gasteiger partial charge in [-0.25, -0.2) is 0 Å². The Hall–Kier alpha value is -2.86. The van der Waals surface area contributed by atoms with Gasteiger partial charge < -0.3 is 19.7 Å². The van der Waals surface area contributed by atoms with E-state index in [1.165, 1.54) is 0 Å². The third-order valence-electron chi connectivity index (χ3n) is 4.75. The van der Waals surface area contributed by atoms with E-state index in [4.69, 9.17) is 9.47 Å². The van der Waals surface area contributed by atoms with E-state index in [1.807, 2.05) is 12.1 Å². The molecule has 1 heterocycles. The number of anilines is 1. The lowest BCUT2D eigenvalue weighted by Crippen LogP contribution is -2.40. The van der Waals surface area contributed by atoms with E-state index in [-0.39, 0.29) is 11.8 Å². The molecule has 0 aromatic heterocycles. The lowest BCUT2D eigenvalue weighted by molar-refractivity contribution is 0.0303. The first kappa shape index (κ1) is 20.9. The number of amides is 2. The van der Waals surface area contributed by atoms with Crippen LogP contribution in [-0.2, 0) is 4.74 Å². The molecular formula is C23H28N2O4. The quantitative estimate of drug-likeness (QED) is 0.772. The molecule has 6 nitrogen and oxygen atoms in total. The zero-order valence-corrected chi connectivity index (χ0v) is 17.0. The highest BCUT2D eigenvalue weighted by Crippen LogP contribution is 2.21. The van der Waals surface area contributed by atoms with E-state index in [2.05, 4.69) is 19.2 Å². The van der Waals surface area contributed by atoms with Gasteiger partial charge in [0, 0.05) is 24.3 Å². The molecular weight excluding hydrogens is 368 g/mol. The third kappa shape index (κ3) is 5.81. The van der Waals surface area contributed by atoms with Gasteiger partial charge in [-0.3, -0.25) is 9.59 Å². The SMILES string of the molecule is CC(C)CCOc1ccccc1C(=O)Nc1cccc(C(=O)N2CCOCC2)c1. The number of carbonyl (C=O) groups is 2. The maximum Gasteiger partial charge on any atom is 0.259 e. The first-order valence-electron chi connectivity index (χ1n) is 10.0. The van der Waals surface area contributed by atoms with Crippen LogP contribution in [0.3, 0.4) is 0 Å². The predicted octanol–water partition coefficient (Wildman–Crippen LogP) is 3.84. The molecule has 0 spiro atoms. The van der Waals surface area contributed by atoms with Crippen molar-refractivity contribution in [1.82, 2.24) is 4.90 Å². The van der Waals surface area contributed by atoms with Crippen molar-refractivity contribution in [2.75, 3.05) is 38.2 Å². The molecule has 1 fully saturated rings. The number of para-hydroxylation sites is 1. The summed E-state index contributed by atoms with van der Waals surface area (Å²) >= 11 is 0. The molecule has 0 aliphatic carbocycles. The highest BCUT2D eigenvalue weighted by atomic mass is 16.5. The fourth-order valence-electron chi connectivity index (χ4n) is 3.06. The maximum absolute atomic E-state index is 12.8. The molecule has 154 valence electrons. The summed E-state index contributed by atoms with van der Waals surface area (Å²) in [7, 11) is 0. The Morgan fingerprint density at radius 1 is 1.10 bits per heavy atom. The van der Waals surface area contributed by atoms with E-state index >= 15 is 0 Å². The predicted molar refractivity (Wildman–Crippen MR) is 113 cm³/mol. The monoisotopic (exact) mass is 396 g/mol. The summed E-state index contributed by atoms with van der Waals surface area (Å²) in [5.41, 5.74) is 1.60. The molecule has 29 heavy (non-hydrogen) atoms. The zero-order valence-electron chi connectivity index (χ0n) is 17.0. The molecule has 0 atom stereocenters. The molecule has 2 aromatic rings. The molecule has 0 saturated carbocycles. The fourth-order valence-corrected chi connectivity index (χ4v) is 3.06. The van der Waals surface area contributed by atoms with Gasteiger partial charge in [0.1, 0.15) is 5.75 Å². The normalized spacial score (nSPS) is 14.0. The van der Waals surface area contributed by atoms with Crippen LogP contribution < -0.4 is 10.1 Å². The van der Waals surface area contributed by atoms with Gasteiger partial charge >= 0.3 is 0 Å². The Morgan fingerprint density at radius 2 is 1.86 bits per heavy atom. The van der Waals surface area contributed by atoms with E-state index < -0.39 is 0 Å². The highest BCUT2D eigenvalue weighted by molar-refractivity contribution is 6.06. The molecule has 0 bridgehead atoms. The summed E-state index contributed by atoms with van der Waals surface area (Å²) in [6.07, 6.45) is 0.918. The Kier molecular flexibility index (Phi) is 7.25. The second-order valence-electron chi connectivity index (χ2n) is 7.47. The van der Waals surface area contributed by atoms with Gasteiger partial charge in [0.2, 0.25) is 0 Å². The summed E-state index contributed by atoms with van der Waals surface area (Å²) < 4.78 is 11.1. The molecule has 1 saturated heterocycles. The van der Waals surface area contributed by atoms with Gasteiger partial charge in [-0.05, 0) is 42.7 Å². The standard InChI is InChI=1S/C23H28N2O4/c1-17(2)10-13-29-21-9-4-3-8-20(21)22(26)24-19-7-5-6-18(16-19)23(27)25-11-14-28-15-12-25/h3-9,16-17H,10-15H2,1-2H3,(H,24,26). The number of carbonyl (C=O) groups excluding carboxylic acids is 2. The number of nitrogens with zero attached hydrogens (tertiary/aromatic N) is 1. The lowest BCUT2D eigenvalue weighted by Gasteiger charge is -2.27. The second kappa shape index (κ2) is 10.1. The van der Waals surface area contributed by atoms with Gasteiger partial charge in [-0.1, -0.05) is 32.0 Å². The van der Waals surface area contributed by atoms with Crippen LogP contribution in [0.5, 0.6) is 5.75 Å². The first-order chi connectivity index (χ1) is 14.0. The van der Waals surface area contributed by atoms with Crippen LogP contribution in [0, 0.1) is 5.92 Å². The molecule has 2 aromatic carbocycles. The number of morpholine rings is 1. The number of benzene rings is 2. The van der Waals surface area contributed by atoms with Crippen LogP contribution in [0.2, 0.25) is 0 Å². The molecule has 0 unspecified atom stereocenters. The molecule has 1 aliphatic rings. The van der Waals surface area contributed by atoms with Gasteiger partial charge in [0.15, 0.2) is 0 Å². The molecule has 2 amide bonds. The number of ether oxygens (including phenoxy) is 2. The molecule has 6 heteroatoms. The van der Waals surface area contributed by atoms with E-state index in [9.17, 15) is 9.59 Å². The van der Waals surface area contributed by atoms with Gasteiger partial charge in [-0.15, -0.1) is 0 Å². The minimum Gasteiger partial charge on any atom is -0.493 e. The van der Waals surface area contributed by atoms with Crippen molar-refractivity contribution in [3.8, 4) is 5.75 Å². The second-order valence-corrected chi connectivity index (χ2v) is 7.47. The Bertz CT molecular complexity index is 844. The lowest BCUT2D eigenvalue weighted by atomic mass is 10.1. The summed E-state index contributed by atoms with van der Waals surface area (Å²) in [5.74, 6) is 0.775. The molecule has 3 rings (SSSR count). The van der Waals surface area contributed by atoms with Crippen LogP contribution in [0.25, 0.3) is 0 Å². The zero-order chi connectivity index (χ0) is 20.6. The number of hydrogen-bond acceptors (Lipinski definition) is 4. The van der Waals surface area contributed by atoms with Crippen LogP contribution in [0.1, 0.15) is 41.0 Å². The topological polar surface area (TPSA) is 67.9 Å². The summed E-state index contributed by atoms with van der Waals surface area (Å²) in [6.45, 7) is 7.09. The van der Waals surface area contributed by atoms with Crippen molar-refractivity contribution in [2.24, 2.45) is 5.92 Å². The smallest absolute Gasteiger partial charge is 0.259 e. The van der Waals surface area contributed by atoms with E-state index in [1.54, 1.807) is 41.3 Å². The average Bonchev–Trinajstić information content (AvgIpc) is 2.74. The number of hydrogen-bond donors (Lipinski definition) is 1. The van der Waals surface area contributed by atoms with Crippen molar-refractivity contribution in [3.63, 3.8) is 0 Å². The average molecular weight is 396 g/mol. The maximum atomic E-state index is 12.8. The first-order valence-corrected chi connectivity index (χ1v) is 10.0. The van der Waals surface area contributed by atoms with Crippen LogP contribution in [0.15, 0.2) is 48.5 Å². The molecule has 1 N–H and O–H groups in total. The van der Waals surface area contributed by atoms with Crippen molar-refractivity contribution in [1.29, 1.82) is 0 Å². The molecule has 1 aliphatic heterocycles. The van der Waals surface area contributed by atoms with Crippen LogP contribution in [0.4, 0.5) is 5.69 Å². The van der Waals surface area contributed by atoms with Gasteiger partial charge in [-0.2, -0.15) is 0 Å². The van der Waals surface area contributed by atoms with E-state index in [0.29, 0.717) is 61.4 Å². The van der Waals surface area contributed by atoms with Gasteiger partial charge in [0.05, 0.1) is 25.4 Å². The summed E-state index contributed by atoms with van der Waals surface area (Å²) in [6, 6.07) is 14.2. The van der Waals surface area contributed by atoms with Crippen LogP contribution >= 0.6 is 0 Å². The van der Waals surface area contributed by atoms with Crippen molar-refractivity contribution < 1.29 is 19.1 Å². The highest BCUT2D eigenvalue weighted by Gasteiger charge is 2.19. The number of nitrogens with one attached hydrogen (secondary N) is 1. The van der Waals surface area contributed by atoms with Crippen molar-refractivity contribution in [2.45, 2.75) is 20.3 Å². The number of rotatable bonds is 7. The minimum atomic E-state index is -0.263. The largest absolute Gasteiger partial charge is 0.493 e. The van der Waals surface area contributed by atoms with Gasteiger partial charge in [0.25, 0.3) is 11.8 Å². The third-order valence-corrected chi connectivity index (χ3v) is 4.75. The molecule has 0 radical (unpaired) electrons. The fraction of sp³-hybridized carbons (Fsp3) is 0.391.